The van der Waals surface area contributed by atoms with Gasteiger partial charge < -0.3 is 4.74 Å². The minimum Gasteiger partial charge on any atom is -0.403 e. The summed E-state index contributed by atoms with van der Waals surface area (Å²) in [7, 11) is 0. The third-order valence-corrected chi connectivity index (χ3v) is 4.08. The van der Waals surface area contributed by atoms with Crippen molar-refractivity contribution in [1.82, 2.24) is 4.98 Å². The Morgan fingerprint density at radius 2 is 1.90 bits per heavy atom. The number of ether oxygens (including phenoxy) is 1. The molecule has 2 aromatic rings. The van der Waals surface area contributed by atoms with Crippen LogP contribution in [0.5, 0.6) is 5.75 Å². The number of rotatable bonds is 2. The molecular formula is C15H13ClF3NO. The van der Waals surface area contributed by atoms with Crippen molar-refractivity contribution >= 4 is 22.5 Å². The van der Waals surface area contributed by atoms with E-state index in [0.717, 1.165) is 31.4 Å². The number of halogens is 4. The molecule has 3 rings (SSSR count). The maximum atomic E-state index is 12.5. The molecule has 1 fully saturated rings. The van der Waals surface area contributed by atoms with Crippen molar-refractivity contribution in [3.63, 3.8) is 0 Å². The molecule has 0 N–H and O–H groups in total. The van der Waals surface area contributed by atoms with Crippen LogP contribution >= 0.6 is 11.6 Å². The lowest BCUT2D eigenvalue weighted by Crippen LogP contribution is -2.17. The van der Waals surface area contributed by atoms with Crippen LogP contribution in [0.15, 0.2) is 24.3 Å². The maximum absolute atomic E-state index is 12.5. The first kappa shape index (κ1) is 14.4. The van der Waals surface area contributed by atoms with Crippen LogP contribution in [-0.2, 0) is 0 Å². The molecule has 0 radical (unpaired) electrons. The summed E-state index contributed by atoms with van der Waals surface area (Å²) >= 11 is 6.21. The molecule has 1 heterocycles. The Hall–Kier alpha value is -1.49. The average Bonchev–Trinajstić information content (AvgIpc) is 2.91. The quantitative estimate of drug-likeness (QED) is 0.735. The normalized spacial score (nSPS) is 16.6. The zero-order valence-electron chi connectivity index (χ0n) is 11.1. The van der Waals surface area contributed by atoms with Crippen LogP contribution in [-0.4, -0.2) is 11.3 Å². The van der Waals surface area contributed by atoms with Gasteiger partial charge in [-0.3, -0.25) is 0 Å². The molecule has 21 heavy (non-hydrogen) atoms. The molecule has 0 saturated heterocycles. The SMILES string of the molecule is FC(F)(F)Oc1cccc2c(Cl)cc(C3CCCC3)nc12. The Balaban J connectivity index is 2.11. The highest BCUT2D eigenvalue weighted by Gasteiger charge is 2.32. The summed E-state index contributed by atoms with van der Waals surface area (Å²) in [6, 6.07) is 6.15. The van der Waals surface area contributed by atoms with Crippen LogP contribution < -0.4 is 4.74 Å². The summed E-state index contributed by atoms with van der Waals surface area (Å²) in [5.74, 6) is -0.0346. The van der Waals surface area contributed by atoms with E-state index in [-0.39, 0.29) is 17.2 Å². The Morgan fingerprint density at radius 3 is 2.57 bits per heavy atom. The first-order chi connectivity index (χ1) is 9.94. The van der Waals surface area contributed by atoms with Crippen LogP contribution in [0.2, 0.25) is 5.02 Å². The molecule has 0 atom stereocenters. The van der Waals surface area contributed by atoms with Crippen LogP contribution in [0, 0.1) is 0 Å². The molecule has 1 aliphatic carbocycles. The highest BCUT2D eigenvalue weighted by Crippen LogP contribution is 2.38. The van der Waals surface area contributed by atoms with E-state index in [1.807, 2.05) is 0 Å². The van der Waals surface area contributed by atoms with Crippen molar-refractivity contribution in [1.29, 1.82) is 0 Å². The molecule has 0 bridgehead atoms. The lowest BCUT2D eigenvalue weighted by atomic mass is 10.0. The maximum Gasteiger partial charge on any atom is 0.573 e. The van der Waals surface area contributed by atoms with E-state index in [9.17, 15) is 13.2 Å². The third kappa shape index (κ3) is 3.07. The van der Waals surface area contributed by atoms with E-state index < -0.39 is 6.36 Å². The van der Waals surface area contributed by atoms with E-state index in [1.54, 1.807) is 12.1 Å². The number of pyridine rings is 1. The molecule has 0 amide bonds. The van der Waals surface area contributed by atoms with Crippen LogP contribution in [0.1, 0.15) is 37.3 Å². The fraction of sp³-hybridized carbons (Fsp3) is 0.400. The van der Waals surface area contributed by atoms with Gasteiger partial charge in [0.05, 0.1) is 5.02 Å². The topological polar surface area (TPSA) is 22.1 Å². The van der Waals surface area contributed by atoms with Gasteiger partial charge in [0.1, 0.15) is 5.52 Å². The molecule has 2 nitrogen and oxygen atoms in total. The lowest BCUT2D eigenvalue weighted by molar-refractivity contribution is -0.274. The second-order valence-corrected chi connectivity index (χ2v) is 5.62. The average molecular weight is 316 g/mol. The molecule has 0 spiro atoms. The number of nitrogens with zero attached hydrogens (tertiary/aromatic N) is 1. The van der Waals surface area contributed by atoms with Gasteiger partial charge in [0, 0.05) is 17.0 Å². The first-order valence-electron chi connectivity index (χ1n) is 6.79. The number of benzene rings is 1. The Bertz CT molecular complexity index is 666. The molecule has 1 saturated carbocycles. The minimum absolute atomic E-state index is 0.171. The summed E-state index contributed by atoms with van der Waals surface area (Å²) in [5, 5.41) is 0.884. The minimum atomic E-state index is -4.74. The third-order valence-electron chi connectivity index (χ3n) is 3.77. The van der Waals surface area contributed by atoms with Gasteiger partial charge in [-0.2, -0.15) is 0 Å². The Kier molecular flexibility index (Phi) is 3.69. The number of alkyl halides is 3. The lowest BCUT2D eigenvalue weighted by Gasteiger charge is -2.14. The van der Waals surface area contributed by atoms with Gasteiger partial charge in [-0.25, -0.2) is 4.98 Å². The largest absolute Gasteiger partial charge is 0.573 e. The molecule has 1 aromatic heterocycles. The van der Waals surface area contributed by atoms with Crippen molar-refractivity contribution in [3.05, 3.63) is 35.0 Å². The predicted molar refractivity (Wildman–Crippen MR) is 74.6 cm³/mol. The highest BCUT2D eigenvalue weighted by atomic mass is 35.5. The van der Waals surface area contributed by atoms with Crippen molar-refractivity contribution in [2.45, 2.75) is 38.0 Å². The molecular weight excluding hydrogens is 303 g/mol. The van der Waals surface area contributed by atoms with Gasteiger partial charge in [-0.1, -0.05) is 36.6 Å². The number of fused-ring (bicyclic) bond motifs is 1. The van der Waals surface area contributed by atoms with Crippen molar-refractivity contribution < 1.29 is 17.9 Å². The van der Waals surface area contributed by atoms with Gasteiger partial charge in [-0.05, 0) is 25.0 Å². The fourth-order valence-corrected chi connectivity index (χ4v) is 3.10. The van der Waals surface area contributed by atoms with Gasteiger partial charge in [0.25, 0.3) is 0 Å². The van der Waals surface area contributed by atoms with E-state index in [2.05, 4.69) is 9.72 Å². The summed E-state index contributed by atoms with van der Waals surface area (Å²) < 4.78 is 41.5. The summed E-state index contributed by atoms with van der Waals surface area (Å²) in [6.45, 7) is 0. The Morgan fingerprint density at radius 1 is 1.19 bits per heavy atom. The molecule has 1 aliphatic rings. The summed E-state index contributed by atoms with van der Waals surface area (Å²) in [5.41, 5.74) is 0.924. The number of aromatic nitrogens is 1. The molecule has 1 aromatic carbocycles. The van der Waals surface area contributed by atoms with E-state index in [0.29, 0.717) is 10.4 Å². The second kappa shape index (κ2) is 5.37. The second-order valence-electron chi connectivity index (χ2n) is 5.21. The zero-order valence-corrected chi connectivity index (χ0v) is 11.8. The number of hydrogen-bond donors (Lipinski definition) is 0. The molecule has 0 unspecified atom stereocenters. The van der Waals surface area contributed by atoms with Gasteiger partial charge >= 0.3 is 6.36 Å². The van der Waals surface area contributed by atoms with Crippen molar-refractivity contribution in [3.8, 4) is 5.75 Å². The van der Waals surface area contributed by atoms with E-state index in [4.69, 9.17) is 11.6 Å². The molecule has 0 aliphatic heterocycles. The first-order valence-corrected chi connectivity index (χ1v) is 7.17. The standard InChI is InChI=1S/C15H13ClF3NO/c16-11-8-12(9-4-1-2-5-9)20-14-10(11)6-3-7-13(14)21-15(17,18)19/h3,6-9H,1-2,4-5H2. The van der Waals surface area contributed by atoms with Crippen molar-refractivity contribution in [2.24, 2.45) is 0 Å². The zero-order chi connectivity index (χ0) is 15.0. The number of hydrogen-bond acceptors (Lipinski definition) is 2. The van der Waals surface area contributed by atoms with Crippen LogP contribution in [0.3, 0.4) is 0 Å². The highest BCUT2D eigenvalue weighted by molar-refractivity contribution is 6.35. The molecule has 112 valence electrons. The summed E-state index contributed by atoms with van der Waals surface area (Å²) in [4.78, 5) is 4.39. The van der Waals surface area contributed by atoms with E-state index >= 15 is 0 Å². The summed E-state index contributed by atoms with van der Waals surface area (Å²) in [6.07, 6.45) is -0.522. The van der Waals surface area contributed by atoms with Crippen molar-refractivity contribution in [2.75, 3.05) is 0 Å². The van der Waals surface area contributed by atoms with E-state index in [1.165, 1.54) is 12.1 Å². The molecule has 6 heteroatoms. The monoisotopic (exact) mass is 315 g/mol. The van der Waals surface area contributed by atoms with Gasteiger partial charge in [-0.15, -0.1) is 13.2 Å². The predicted octanol–water partition coefficient (Wildman–Crippen LogP) is 5.44. The van der Waals surface area contributed by atoms with Crippen LogP contribution in [0.25, 0.3) is 10.9 Å². The van der Waals surface area contributed by atoms with Gasteiger partial charge in [0.2, 0.25) is 0 Å². The van der Waals surface area contributed by atoms with Gasteiger partial charge in [0.15, 0.2) is 5.75 Å². The fourth-order valence-electron chi connectivity index (χ4n) is 2.84. The number of para-hydroxylation sites is 1. The Labute approximate surface area is 124 Å². The smallest absolute Gasteiger partial charge is 0.403 e. The van der Waals surface area contributed by atoms with Crippen LogP contribution in [0.4, 0.5) is 13.2 Å².